The fourth-order valence-corrected chi connectivity index (χ4v) is 3.82. The maximum atomic E-state index is 5.50. The second-order valence-electron chi connectivity index (χ2n) is 6.46. The fourth-order valence-electron chi connectivity index (χ4n) is 3.82. The minimum Gasteiger partial charge on any atom is -0.496 e. The summed E-state index contributed by atoms with van der Waals surface area (Å²) in [4.78, 5) is 9.58. The van der Waals surface area contributed by atoms with Gasteiger partial charge in [0.25, 0.3) is 0 Å². The van der Waals surface area contributed by atoms with E-state index in [1.54, 1.807) is 20.4 Å². The molecule has 0 radical (unpaired) electrons. The molecule has 1 atom stereocenters. The number of rotatable bonds is 4. The molecular weight excluding hydrogens is 318 g/mol. The van der Waals surface area contributed by atoms with Gasteiger partial charge in [0, 0.05) is 25.7 Å². The molecule has 2 saturated heterocycles. The van der Waals surface area contributed by atoms with Crippen LogP contribution in [0.3, 0.4) is 0 Å². The number of benzene rings is 1. The Bertz CT molecular complexity index is 732. The normalized spacial score (nSPS) is 20.4. The third-order valence-corrected chi connectivity index (χ3v) is 5.10. The summed E-state index contributed by atoms with van der Waals surface area (Å²) in [5.41, 5.74) is 1.52. The Morgan fingerprint density at radius 1 is 1.08 bits per heavy atom. The quantitative estimate of drug-likeness (QED) is 0.841. The predicted molar refractivity (Wildman–Crippen MR) is 95.2 cm³/mol. The molecule has 0 aliphatic carbocycles. The van der Waals surface area contributed by atoms with Crippen molar-refractivity contribution in [2.45, 2.75) is 18.9 Å². The van der Waals surface area contributed by atoms with Crippen LogP contribution >= 0.6 is 0 Å². The second kappa shape index (κ2) is 6.84. The van der Waals surface area contributed by atoms with Gasteiger partial charge in [-0.2, -0.15) is 5.10 Å². The summed E-state index contributed by atoms with van der Waals surface area (Å²) in [6.45, 7) is 4.19. The van der Waals surface area contributed by atoms with Crippen LogP contribution in [0.5, 0.6) is 11.5 Å². The Labute approximate surface area is 147 Å². The molecule has 0 bridgehead atoms. The van der Waals surface area contributed by atoms with Crippen LogP contribution in [0, 0.1) is 0 Å². The van der Waals surface area contributed by atoms with Crippen molar-refractivity contribution in [2.75, 3.05) is 45.3 Å². The highest BCUT2D eigenvalue weighted by Crippen LogP contribution is 2.37. The molecule has 132 valence electrons. The van der Waals surface area contributed by atoms with Crippen molar-refractivity contribution < 1.29 is 9.47 Å². The van der Waals surface area contributed by atoms with Gasteiger partial charge in [-0.1, -0.05) is 6.07 Å². The lowest BCUT2D eigenvalue weighted by Crippen LogP contribution is -2.50. The van der Waals surface area contributed by atoms with Crippen LogP contribution in [0.15, 0.2) is 24.4 Å². The van der Waals surface area contributed by atoms with E-state index in [9.17, 15) is 0 Å². The van der Waals surface area contributed by atoms with Crippen molar-refractivity contribution in [1.29, 1.82) is 0 Å². The number of piperazine rings is 1. The fraction of sp³-hybridized carbons (Fsp3) is 0.500. The Balaban J connectivity index is 1.66. The summed E-state index contributed by atoms with van der Waals surface area (Å²) >= 11 is 0. The first kappa shape index (κ1) is 16.1. The zero-order valence-corrected chi connectivity index (χ0v) is 14.7. The lowest BCUT2D eigenvalue weighted by atomic mass is 10.1. The molecule has 2 aliphatic rings. The van der Waals surface area contributed by atoms with E-state index in [-0.39, 0.29) is 0 Å². The van der Waals surface area contributed by atoms with Crippen LogP contribution in [0.1, 0.15) is 12.8 Å². The third-order valence-electron chi connectivity index (χ3n) is 5.10. The van der Waals surface area contributed by atoms with E-state index < -0.39 is 0 Å². The number of nitrogens with zero attached hydrogens (tertiary/aromatic N) is 5. The van der Waals surface area contributed by atoms with Gasteiger partial charge < -0.3 is 14.4 Å². The second-order valence-corrected chi connectivity index (χ2v) is 6.46. The van der Waals surface area contributed by atoms with E-state index in [1.807, 2.05) is 18.2 Å². The zero-order chi connectivity index (χ0) is 17.2. The highest BCUT2D eigenvalue weighted by molar-refractivity contribution is 5.74. The van der Waals surface area contributed by atoms with Gasteiger partial charge in [-0.3, -0.25) is 4.90 Å². The van der Waals surface area contributed by atoms with E-state index in [0.717, 1.165) is 25.2 Å². The molecule has 0 saturated carbocycles. The lowest BCUT2D eigenvalue weighted by molar-refractivity contribution is 0.229. The number of aromatic nitrogens is 3. The molecule has 0 spiro atoms. The van der Waals surface area contributed by atoms with Crippen molar-refractivity contribution in [2.24, 2.45) is 0 Å². The minimum atomic E-state index is 0.613. The summed E-state index contributed by atoms with van der Waals surface area (Å²) in [7, 11) is 3.29. The average molecular weight is 341 g/mol. The SMILES string of the molecule is COc1cccc(OC)c1-c1cnnc(N2CCN3CCC[C@H]3C2)n1. The van der Waals surface area contributed by atoms with Gasteiger partial charge in [-0.25, -0.2) is 4.98 Å². The summed E-state index contributed by atoms with van der Waals surface area (Å²) in [5.74, 6) is 2.11. The van der Waals surface area contributed by atoms with Gasteiger partial charge in [0.05, 0.1) is 26.0 Å². The summed E-state index contributed by atoms with van der Waals surface area (Å²) in [5, 5.41) is 8.47. The molecule has 2 aliphatic heterocycles. The maximum absolute atomic E-state index is 5.50. The zero-order valence-electron chi connectivity index (χ0n) is 14.7. The molecule has 0 unspecified atom stereocenters. The molecule has 4 rings (SSSR count). The van der Waals surface area contributed by atoms with E-state index in [2.05, 4.69) is 20.0 Å². The Morgan fingerprint density at radius 2 is 1.88 bits per heavy atom. The Kier molecular flexibility index (Phi) is 4.40. The van der Waals surface area contributed by atoms with Gasteiger partial charge in [0.15, 0.2) is 0 Å². The van der Waals surface area contributed by atoms with E-state index in [4.69, 9.17) is 14.5 Å². The first-order chi connectivity index (χ1) is 12.3. The third kappa shape index (κ3) is 3.00. The number of hydrogen-bond acceptors (Lipinski definition) is 7. The van der Waals surface area contributed by atoms with Crippen LogP contribution < -0.4 is 14.4 Å². The lowest BCUT2D eigenvalue weighted by Gasteiger charge is -2.37. The summed E-state index contributed by atoms with van der Waals surface area (Å²) < 4.78 is 11.0. The Morgan fingerprint density at radius 3 is 2.64 bits per heavy atom. The molecular formula is C18H23N5O2. The summed E-state index contributed by atoms with van der Waals surface area (Å²) in [6, 6.07) is 6.31. The number of methoxy groups -OCH3 is 2. The smallest absolute Gasteiger partial charge is 0.246 e. The minimum absolute atomic E-state index is 0.613. The molecule has 25 heavy (non-hydrogen) atoms. The van der Waals surface area contributed by atoms with Crippen molar-refractivity contribution >= 4 is 5.95 Å². The van der Waals surface area contributed by atoms with Crippen LogP contribution in [-0.4, -0.2) is 66.5 Å². The number of anilines is 1. The standard InChI is InChI=1S/C18H23N5O2/c1-24-15-6-3-7-16(25-2)17(15)14-11-19-21-18(20-14)23-10-9-22-8-4-5-13(22)12-23/h3,6-7,11,13H,4-5,8-10,12H2,1-2H3/t13-/m0/s1. The predicted octanol–water partition coefficient (Wildman–Crippen LogP) is 1.84. The van der Waals surface area contributed by atoms with Crippen LogP contribution in [0.2, 0.25) is 0 Å². The molecule has 1 aromatic carbocycles. The average Bonchev–Trinajstić information content (AvgIpc) is 3.15. The molecule has 3 heterocycles. The topological polar surface area (TPSA) is 63.6 Å². The highest BCUT2D eigenvalue weighted by atomic mass is 16.5. The van der Waals surface area contributed by atoms with Gasteiger partial charge in [-0.15, -0.1) is 5.10 Å². The largest absolute Gasteiger partial charge is 0.496 e. The van der Waals surface area contributed by atoms with E-state index in [1.165, 1.54) is 19.4 Å². The molecule has 7 heteroatoms. The number of fused-ring (bicyclic) bond motifs is 1. The highest BCUT2D eigenvalue weighted by Gasteiger charge is 2.31. The molecule has 0 N–H and O–H groups in total. The molecule has 7 nitrogen and oxygen atoms in total. The van der Waals surface area contributed by atoms with Gasteiger partial charge >= 0.3 is 0 Å². The molecule has 0 amide bonds. The number of ether oxygens (including phenoxy) is 2. The van der Waals surface area contributed by atoms with Gasteiger partial charge in [-0.05, 0) is 31.5 Å². The molecule has 2 fully saturated rings. The van der Waals surface area contributed by atoms with Gasteiger partial charge in [0.1, 0.15) is 17.2 Å². The van der Waals surface area contributed by atoms with Crippen LogP contribution in [0.4, 0.5) is 5.95 Å². The maximum Gasteiger partial charge on any atom is 0.246 e. The first-order valence-electron chi connectivity index (χ1n) is 8.70. The number of hydrogen-bond donors (Lipinski definition) is 0. The van der Waals surface area contributed by atoms with Crippen molar-refractivity contribution in [3.8, 4) is 22.8 Å². The Hall–Kier alpha value is -2.41. The van der Waals surface area contributed by atoms with E-state index in [0.29, 0.717) is 29.2 Å². The monoisotopic (exact) mass is 341 g/mol. The van der Waals surface area contributed by atoms with Crippen molar-refractivity contribution in [1.82, 2.24) is 20.1 Å². The van der Waals surface area contributed by atoms with E-state index >= 15 is 0 Å². The van der Waals surface area contributed by atoms with Crippen LogP contribution in [0.25, 0.3) is 11.3 Å². The summed E-state index contributed by atoms with van der Waals surface area (Å²) in [6.07, 6.45) is 4.20. The van der Waals surface area contributed by atoms with Crippen molar-refractivity contribution in [3.63, 3.8) is 0 Å². The van der Waals surface area contributed by atoms with Gasteiger partial charge in [0.2, 0.25) is 5.95 Å². The molecule has 1 aromatic heterocycles. The van der Waals surface area contributed by atoms with Crippen LogP contribution in [-0.2, 0) is 0 Å². The molecule has 2 aromatic rings. The first-order valence-corrected chi connectivity index (χ1v) is 8.70. The van der Waals surface area contributed by atoms with Crippen molar-refractivity contribution in [3.05, 3.63) is 24.4 Å².